The van der Waals surface area contributed by atoms with E-state index in [0.29, 0.717) is 0 Å². The molecule has 0 N–H and O–H groups in total. The summed E-state index contributed by atoms with van der Waals surface area (Å²) in [6.45, 7) is 0. The van der Waals surface area contributed by atoms with Gasteiger partial charge in [-0.1, -0.05) is 152 Å². The van der Waals surface area contributed by atoms with Crippen molar-refractivity contribution < 1.29 is 4.42 Å². The maximum absolute atomic E-state index is 6.41. The van der Waals surface area contributed by atoms with Gasteiger partial charge in [-0.25, -0.2) is 0 Å². The first-order valence-electron chi connectivity index (χ1n) is 17.1. The molecule has 0 aliphatic carbocycles. The average molecular weight is 638 g/mol. The van der Waals surface area contributed by atoms with Gasteiger partial charge < -0.3 is 8.98 Å². The largest absolute Gasteiger partial charge is 0.455 e. The molecular formula is C48H31NO. The fourth-order valence-electron chi connectivity index (χ4n) is 7.56. The van der Waals surface area contributed by atoms with Crippen LogP contribution in [0.1, 0.15) is 0 Å². The lowest BCUT2D eigenvalue weighted by molar-refractivity contribution is 0.670. The highest BCUT2D eigenvalue weighted by Gasteiger charge is 2.16. The van der Waals surface area contributed by atoms with Gasteiger partial charge in [0.1, 0.15) is 11.2 Å². The van der Waals surface area contributed by atoms with Crippen molar-refractivity contribution in [2.45, 2.75) is 0 Å². The van der Waals surface area contributed by atoms with Crippen LogP contribution < -0.4 is 0 Å². The van der Waals surface area contributed by atoms with E-state index >= 15 is 0 Å². The third-order valence-corrected chi connectivity index (χ3v) is 10.0. The first-order valence-corrected chi connectivity index (χ1v) is 17.1. The molecule has 0 amide bonds. The number of rotatable bonds is 5. The summed E-state index contributed by atoms with van der Waals surface area (Å²) in [6.07, 6.45) is 0. The highest BCUT2D eigenvalue weighted by Crippen LogP contribution is 2.39. The second kappa shape index (κ2) is 11.5. The Morgan fingerprint density at radius 1 is 0.320 bits per heavy atom. The van der Waals surface area contributed by atoms with Crippen molar-refractivity contribution in [3.63, 3.8) is 0 Å². The van der Waals surface area contributed by atoms with Gasteiger partial charge in [-0.15, -0.1) is 0 Å². The van der Waals surface area contributed by atoms with Gasteiger partial charge >= 0.3 is 0 Å². The molecule has 2 aromatic heterocycles. The minimum absolute atomic E-state index is 0.913. The fraction of sp³-hybridized carbons (Fsp3) is 0. The van der Waals surface area contributed by atoms with Gasteiger partial charge in [0.15, 0.2) is 0 Å². The first kappa shape index (κ1) is 28.4. The molecular weight excluding hydrogens is 607 g/mol. The van der Waals surface area contributed by atoms with Gasteiger partial charge in [0, 0.05) is 32.8 Å². The van der Waals surface area contributed by atoms with Crippen LogP contribution in [0.3, 0.4) is 0 Å². The van der Waals surface area contributed by atoms with E-state index in [1.807, 2.05) is 12.1 Å². The van der Waals surface area contributed by atoms with Gasteiger partial charge in [0.25, 0.3) is 0 Å². The third kappa shape index (κ3) is 4.65. The molecule has 2 heterocycles. The van der Waals surface area contributed by atoms with Crippen molar-refractivity contribution >= 4 is 43.7 Å². The quantitative estimate of drug-likeness (QED) is 0.184. The van der Waals surface area contributed by atoms with Gasteiger partial charge in [-0.05, 0) is 75.3 Å². The van der Waals surface area contributed by atoms with Crippen LogP contribution in [0.5, 0.6) is 0 Å². The number of aromatic nitrogens is 1. The number of nitrogens with zero attached hydrogens (tertiary/aromatic N) is 1. The Labute approximate surface area is 290 Å². The summed E-state index contributed by atoms with van der Waals surface area (Å²) in [5, 5.41) is 4.76. The van der Waals surface area contributed by atoms with E-state index < -0.39 is 0 Å². The number of benzene rings is 8. The van der Waals surface area contributed by atoms with Gasteiger partial charge in [0.2, 0.25) is 0 Å². The van der Waals surface area contributed by atoms with Crippen molar-refractivity contribution in [2.75, 3.05) is 0 Å². The Balaban J connectivity index is 1.03. The predicted octanol–water partition coefficient (Wildman–Crippen LogP) is 13.4. The molecule has 2 heteroatoms. The Morgan fingerprint density at radius 2 is 0.860 bits per heavy atom. The molecule has 0 bridgehead atoms. The Kier molecular flexibility index (Phi) is 6.53. The molecule has 0 spiro atoms. The number of para-hydroxylation sites is 3. The number of hydrogen-bond donors (Lipinski definition) is 0. The lowest BCUT2D eigenvalue weighted by Crippen LogP contribution is -1.94. The lowest BCUT2D eigenvalue weighted by Gasteiger charge is -2.11. The summed E-state index contributed by atoms with van der Waals surface area (Å²) < 4.78 is 8.80. The Morgan fingerprint density at radius 3 is 1.62 bits per heavy atom. The number of furan rings is 1. The van der Waals surface area contributed by atoms with E-state index in [1.54, 1.807) is 0 Å². The summed E-state index contributed by atoms with van der Waals surface area (Å²) in [5.74, 6) is 0. The van der Waals surface area contributed by atoms with Crippen LogP contribution in [-0.2, 0) is 0 Å². The monoisotopic (exact) mass is 637 g/mol. The van der Waals surface area contributed by atoms with Crippen molar-refractivity contribution in [1.29, 1.82) is 0 Å². The fourth-order valence-corrected chi connectivity index (χ4v) is 7.56. The van der Waals surface area contributed by atoms with Gasteiger partial charge in [0.05, 0.1) is 11.0 Å². The van der Waals surface area contributed by atoms with Crippen molar-refractivity contribution in [2.24, 2.45) is 0 Å². The summed E-state index contributed by atoms with van der Waals surface area (Å²) in [7, 11) is 0. The van der Waals surface area contributed by atoms with Crippen LogP contribution in [0.4, 0.5) is 0 Å². The van der Waals surface area contributed by atoms with Crippen LogP contribution >= 0.6 is 0 Å². The molecule has 0 unspecified atom stereocenters. The average Bonchev–Trinajstić information content (AvgIpc) is 3.74. The topological polar surface area (TPSA) is 18.1 Å². The molecule has 0 saturated carbocycles. The van der Waals surface area contributed by atoms with Crippen LogP contribution in [-0.4, -0.2) is 4.57 Å². The van der Waals surface area contributed by atoms with E-state index in [4.69, 9.17) is 4.42 Å². The molecule has 2 nitrogen and oxygen atoms in total. The smallest absolute Gasteiger partial charge is 0.143 e. The van der Waals surface area contributed by atoms with Crippen molar-refractivity contribution in [3.8, 4) is 50.2 Å². The number of fused-ring (bicyclic) bond motifs is 6. The van der Waals surface area contributed by atoms with Crippen LogP contribution in [0.25, 0.3) is 93.9 Å². The lowest BCUT2D eigenvalue weighted by atomic mass is 9.97. The highest BCUT2D eigenvalue weighted by molar-refractivity contribution is 6.11. The summed E-state index contributed by atoms with van der Waals surface area (Å²) in [6, 6.07) is 67.4. The summed E-state index contributed by atoms with van der Waals surface area (Å²) >= 11 is 0. The predicted molar refractivity (Wildman–Crippen MR) is 210 cm³/mol. The van der Waals surface area contributed by atoms with Crippen LogP contribution in [0, 0.1) is 0 Å². The van der Waals surface area contributed by atoms with Gasteiger partial charge in [-0.2, -0.15) is 0 Å². The molecule has 0 aliphatic heterocycles. The zero-order valence-corrected chi connectivity index (χ0v) is 27.3. The maximum Gasteiger partial charge on any atom is 0.143 e. The standard InChI is InChI=1S/C48H31NO/c1-2-10-32(11-3-1)33-20-22-34(23-21-33)35-24-26-36(27-25-35)37-28-29-46-44(31-37)41-14-4-6-18-45(41)49(46)39-13-8-12-38(30-39)40-16-9-17-43-42-15-5-7-19-47(42)50-48(40)43/h1-31H. The molecule has 10 rings (SSSR count). The Hall–Kier alpha value is -6.64. The second-order valence-electron chi connectivity index (χ2n) is 12.9. The molecule has 234 valence electrons. The summed E-state index contributed by atoms with van der Waals surface area (Å²) in [4.78, 5) is 0. The van der Waals surface area contributed by atoms with E-state index in [2.05, 4.69) is 180 Å². The second-order valence-corrected chi connectivity index (χ2v) is 12.9. The van der Waals surface area contributed by atoms with E-state index in [9.17, 15) is 0 Å². The molecule has 0 atom stereocenters. The molecule has 0 aliphatic rings. The van der Waals surface area contributed by atoms with E-state index in [1.165, 1.54) is 55.2 Å². The van der Waals surface area contributed by atoms with Crippen molar-refractivity contribution in [3.05, 3.63) is 188 Å². The Bertz CT molecular complexity index is 2840. The van der Waals surface area contributed by atoms with Crippen LogP contribution in [0.15, 0.2) is 192 Å². The zero-order valence-electron chi connectivity index (χ0n) is 27.3. The van der Waals surface area contributed by atoms with Crippen LogP contribution in [0.2, 0.25) is 0 Å². The van der Waals surface area contributed by atoms with E-state index in [-0.39, 0.29) is 0 Å². The first-order chi connectivity index (χ1) is 24.8. The SMILES string of the molecule is c1ccc(-c2ccc(-c3ccc(-c4ccc5c(c4)c4ccccc4n5-c4cccc(-c5cccc6c5oc5ccccc56)c4)cc3)cc2)cc1. The molecule has 8 aromatic carbocycles. The zero-order chi connectivity index (χ0) is 33.0. The summed E-state index contributed by atoms with van der Waals surface area (Å²) in [5.41, 5.74) is 14.9. The number of hydrogen-bond acceptors (Lipinski definition) is 1. The molecule has 0 radical (unpaired) electrons. The van der Waals surface area contributed by atoms with Crippen molar-refractivity contribution in [1.82, 2.24) is 4.57 Å². The normalized spacial score (nSPS) is 11.6. The van der Waals surface area contributed by atoms with E-state index in [0.717, 1.165) is 38.8 Å². The minimum Gasteiger partial charge on any atom is -0.455 e. The molecule has 0 fully saturated rings. The molecule has 0 saturated heterocycles. The molecule has 10 aromatic rings. The minimum atomic E-state index is 0.913. The van der Waals surface area contributed by atoms with Gasteiger partial charge in [-0.3, -0.25) is 0 Å². The highest BCUT2D eigenvalue weighted by atomic mass is 16.3. The maximum atomic E-state index is 6.41. The third-order valence-electron chi connectivity index (χ3n) is 10.0. The molecule has 50 heavy (non-hydrogen) atoms.